The van der Waals surface area contributed by atoms with Crippen LogP contribution in [0.4, 0.5) is 10.5 Å². The molecule has 1 aromatic heterocycles. The van der Waals surface area contributed by atoms with E-state index in [0.29, 0.717) is 11.4 Å². The van der Waals surface area contributed by atoms with Crippen LogP contribution in [-0.2, 0) is 9.59 Å². The highest BCUT2D eigenvalue weighted by molar-refractivity contribution is 8.18. The van der Waals surface area contributed by atoms with Crippen LogP contribution in [0, 0.1) is 6.92 Å². The quantitative estimate of drug-likeness (QED) is 0.863. The first-order valence-corrected chi connectivity index (χ1v) is 8.00. The van der Waals surface area contributed by atoms with E-state index in [1.54, 1.807) is 24.3 Å². The number of aryl methyl sites for hydroxylation is 1. The van der Waals surface area contributed by atoms with Crippen LogP contribution in [-0.4, -0.2) is 28.5 Å². The van der Waals surface area contributed by atoms with Crippen molar-refractivity contribution in [3.8, 4) is 0 Å². The third-order valence-electron chi connectivity index (χ3n) is 3.41. The number of imide groups is 1. The van der Waals surface area contributed by atoms with Crippen LogP contribution in [0.3, 0.4) is 0 Å². The number of amides is 3. The SMILES string of the molecule is Cc1ccccc1NC(=O)CN1C(=O)S/C(=C/c2ccco2)C1=O. The Morgan fingerprint density at radius 2 is 2.04 bits per heavy atom. The number of benzene rings is 1. The second kappa shape index (κ2) is 6.76. The van der Waals surface area contributed by atoms with Crippen molar-refractivity contribution < 1.29 is 18.8 Å². The van der Waals surface area contributed by atoms with Crippen LogP contribution in [0.2, 0.25) is 0 Å². The third kappa shape index (κ3) is 3.41. The van der Waals surface area contributed by atoms with Gasteiger partial charge in [0.15, 0.2) is 0 Å². The first-order chi connectivity index (χ1) is 11.5. The molecule has 1 fully saturated rings. The Kier molecular flexibility index (Phi) is 4.52. The Morgan fingerprint density at radius 3 is 2.75 bits per heavy atom. The Hall–Kier alpha value is -2.80. The molecular formula is C17H14N2O4S. The van der Waals surface area contributed by atoms with Gasteiger partial charge in [-0.3, -0.25) is 19.3 Å². The van der Waals surface area contributed by atoms with Gasteiger partial charge >= 0.3 is 0 Å². The summed E-state index contributed by atoms with van der Waals surface area (Å²) in [5.41, 5.74) is 1.55. The summed E-state index contributed by atoms with van der Waals surface area (Å²) in [6.07, 6.45) is 2.97. The van der Waals surface area contributed by atoms with E-state index in [4.69, 9.17) is 4.42 Å². The van der Waals surface area contributed by atoms with E-state index in [1.165, 1.54) is 12.3 Å². The number of rotatable bonds is 4. The summed E-state index contributed by atoms with van der Waals surface area (Å²) in [4.78, 5) is 37.6. The Morgan fingerprint density at radius 1 is 1.25 bits per heavy atom. The first kappa shape index (κ1) is 16.1. The largest absolute Gasteiger partial charge is 0.465 e. The normalized spacial score (nSPS) is 16.0. The maximum Gasteiger partial charge on any atom is 0.294 e. The Labute approximate surface area is 142 Å². The minimum Gasteiger partial charge on any atom is -0.465 e. The van der Waals surface area contributed by atoms with Gasteiger partial charge in [-0.05, 0) is 42.4 Å². The Balaban J connectivity index is 1.69. The molecule has 1 aliphatic rings. The molecule has 24 heavy (non-hydrogen) atoms. The molecule has 0 atom stereocenters. The fraction of sp³-hybridized carbons (Fsp3) is 0.118. The molecule has 1 saturated heterocycles. The van der Waals surface area contributed by atoms with E-state index < -0.39 is 17.1 Å². The molecule has 3 rings (SSSR count). The van der Waals surface area contributed by atoms with Crippen molar-refractivity contribution in [1.82, 2.24) is 4.90 Å². The van der Waals surface area contributed by atoms with E-state index in [2.05, 4.69) is 5.32 Å². The molecule has 0 bridgehead atoms. The van der Waals surface area contributed by atoms with Gasteiger partial charge in [0.2, 0.25) is 5.91 Å². The van der Waals surface area contributed by atoms with Crippen LogP contribution in [0.1, 0.15) is 11.3 Å². The maximum atomic E-state index is 12.3. The van der Waals surface area contributed by atoms with Crippen molar-refractivity contribution in [3.63, 3.8) is 0 Å². The van der Waals surface area contributed by atoms with Crippen molar-refractivity contribution >= 4 is 40.6 Å². The first-order valence-electron chi connectivity index (χ1n) is 7.19. The maximum absolute atomic E-state index is 12.3. The highest BCUT2D eigenvalue weighted by atomic mass is 32.2. The van der Waals surface area contributed by atoms with Gasteiger partial charge in [0, 0.05) is 11.8 Å². The van der Waals surface area contributed by atoms with E-state index in [0.717, 1.165) is 22.2 Å². The van der Waals surface area contributed by atoms with Gasteiger partial charge in [-0.25, -0.2) is 0 Å². The monoisotopic (exact) mass is 342 g/mol. The minimum atomic E-state index is -0.499. The molecule has 1 aliphatic heterocycles. The second-order valence-corrected chi connectivity index (χ2v) is 6.14. The lowest BCUT2D eigenvalue weighted by Crippen LogP contribution is -2.36. The van der Waals surface area contributed by atoms with Crippen LogP contribution < -0.4 is 5.32 Å². The van der Waals surface area contributed by atoms with Gasteiger partial charge in [0.05, 0.1) is 11.2 Å². The summed E-state index contributed by atoms with van der Waals surface area (Å²) in [6.45, 7) is 1.54. The number of carbonyl (C=O) groups is 3. The summed E-state index contributed by atoms with van der Waals surface area (Å²) in [5.74, 6) is -0.447. The molecule has 2 heterocycles. The van der Waals surface area contributed by atoms with Gasteiger partial charge in [0.1, 0.15) is 12.3 Å². The van der Waals surface area contributed by atoms with Crippen LogP contribution >= 0.6 is 11.8 Å². The van der Waals surface area contributed by atoms with Crippen molar-refractivity contribution in [3.05, 3.63) is 58.9 Å². The molecule has 0 aliphatic carbocycles. The Bertz CT molecular complexity index is 827. The molecule has 0 unspecified atom stereocenters. The average Bonchev–Trinajstić information content (AvgIpc) is 3.14. The van der Waals surface area contributed by atoms with Crippen LogP contribution in [0.25, 0.3) is 6.08 Å². The molecular weight excluding hydrogens is 328 g/mol. The van der Waals surface area contributed by atoms with E-state index in [-0.39, 0.29) is 11.4 Å². The molecule has 122 valence electrons. The van der Waals surface area contributed by atoms with Gasteiger partial charge in [-0.1, -0.05) is 18.2 Å². The minimum absolute atomic E-state index is 0.235. The molecule has 1 aromatic carbocycles. The lowest BCUT2D eigenvalue weighted by Gasteiger charge is -2.13. The number of hydrogen-bond acceptors (Lipinski definition) is 5. The highest BCUT2D eigenvalue weighted by Gasteiger charge is 2.36. The van der Waals surface area contributed by atoms with E-state index >= 15 is 0 Å². The predicted molar refractivity (Wildman–Crippen MR) is 91.2 cm³/mol. The molecule has 0 spiro atoms. The van der Waals surface area contributed by atoms with Crippen LogP contribution in [0.15, 0.2) is 52.0 Å². The third-order valence-corrected chi connectivity index (χ3v) is 4.32. The predicted octanol–water partition coefficient (Wildman–Crippen LogP) is 3.26. The molecule has 1 N–H and O–H groups in total. The zero-order valence-electron chi connectivity index (χ0n) is 12.8. The van der Waals surface area contributed by atoms with Crippen molar-refractivity contribution in [2.45, 2.75) is 6.92 Å². The topological polar surface area (TPSA) is 79.6 Å². The molecule has 2 aromatic rings. The number of carbonyl (C=O) groups excluding carboxylic acids is 3. The molecule has 0 radical (unpaired) electrons. The smallest absolute Gasteiger partial charge is 0.294 e. The summed E-state index contributed by atoms with van der Waals surface area (Å²) in [6, 6.07) is 10.7. The number of hydrogen-bond donors (Lipinski definition) is 1. The zero-order chi connectivity index (χ0) is 17.1. The molecule has 6 nitrogen and oxygen atoms in total. The molecule has 3 amide bonds. The number of furan rings is 1. The second-order valence-electron chi connectivity index (χ2n) is 5.15. The number of nitrogens with one attached hydrogen (secondary N) is 1. The van der Waals surface area contributed by atoms with Gasteiger partial charge in [-0.15, -0.1) is 0 Å². The van der Waals surface area contributed by atoms with Crippen molar-refractivity contribution in [1.29, 1.82) is 0 Å². The van der Waals surface area contributed by atoms with E-state index in [1.807, 2.05) is 19.1 Å². The van der Waals surface area contributed by atoms with E-state index in [9.17, 15) is 14.4 Å². The van der Waals surface area contributed by atoms with Crippen molar-refractivity contribution in [2.75, 3.05) is 11.9 Å². The lowest BCUT2D eigenvalue weighted by molar-refractivity contribution is -0.127. The highest BCUT2D eigenvalue weighted by Crippen LogP contribution is 2.32. The number of nitrogens with zero attached hydrogens (tertiary/aromatic N) is 1. The number of para-hydroxylation sites is 1. The number of thioether (sulfide) groups is 1. The fourth-order valence-electron chi connectivity index (χ4n) is 2.19. The van der Waals surface area contributed by atoms with Gasteiger partial charge in [0.25, 0.3) is 11.1 Å². The molecule has 7 heteroatoms. The van der Waals surface area contributed by atoms with Gasteiger partial charge in [-0.2, -0.15) is 0 Å². The zero-order valence-corrected chi connectivity index (χ0v) is 13.6. The summed E-state index contributed by atoms with van der Waals surface area (Å²) < 4.78 is 5.14. The standard InChI is InChI=1S/C17H14N2O4S/c1-11-5-2-3-7-13(11)18-15(20)10-19-16(21)14(24-17(19)22)9-12-6-4-8-23-12/h2-9H,10H2,1H3,(H,18,20)/b14-9+. The summed E-state index contributed by atoms with van der Waals surface area (Å²) in [5, 5.41) is 2.23. The summed E-state index contributed by atoms with van der Waals surface area (Å²) in [7, 11) is 0. The van der Waals surface area contributed by atoms with Crippen LogP contribution in [0.5, 0.6) is 0 Å². The lowest BCUT2D eigenvalue weighted by atomic mass is 10.2. The van der Waals surface area contributed by atoms with Gasteiger partial charge < -0.3 is 9.73 Å². The fourth-order valence-corrected chi connectivity index (χ4v) is 3.00. The van der Waals surface area contributed by atoms with Crippen molar-refractivity contribution in [2.24, 2.45) is 0 Å². The summed E-state index contributed by atoms with van der Waals surface area (Å²) >= 11 is 0.790. The average molecular weight is 342 g/mol. The number of anilines is 1. The molecule has 0 saturated carbocycles.